The van der Waals surface area contributed by atoms with Gasteiger partial charge in [0.05, 0.1) is 12.0 Å². The van der Waals surface area contributed by atoms with Crippen molar-refractivity contribution in [2.45, 2.75) is 18.1 Å². The maximum atomic E-state index is 10.9. The second-order valence-corrected chi connectivity index (χ2v) is 7.11. The van der Waals surface area contributed by atoms with Crippen LogP contribution >= 0.6 is 0 Å². The Morgan fingerprint density at radius 1 is 0.867 bits per heavy atom. The average molecular weight is 397 g/mol. The van der Waals surface area contributed by atoms with Crippen LogP contribution in [0.3, 0.4) is 0 Å². The van der Waals surface area contributed by atoms with Crippen molar-refractivity contribution < 1.29 is 15.0 Å². The molecule has 0 saturated heterocycles. The lowest BCUT2D eigenvalue weighted by molar-refractivity contribution is -0.307. The molecule has 4 rings (SSSR count). The van der Waals surface area contributed by atoms with E-state index in [1.807, 2.05) is 59.2 Å². The van der Waals surface area contributed by atoms with Gasteiger partial charge < -0.3 is 19.6 Å². The number of benzene rings is 3. The highest BCUT2D eigenvalue weighted by molar-refractivity contribution is 5.65. The third-order valence-electron chi connectivity index (χ3n) is 5.27. The molecule has 0 radical (unpaired) electrons. The van der Waals surface area contributed by atoms with Gasteiger partial charge in [0.2, 0.25) is 0 Å². The van der Waals surface area contributed by atoms with Gasteiger partial charge in [0.25, 0.3) is 0 Å². The number of carboxylic acids is 1. The molecule has 1 unspecified atom stereocenters. The molecular weight excluding hydrogens is 376 g/mol. The van der Waals surface area contributed by atoms with Gasteiger partial charge in [0.1, 0.15) is 11.6 Å². The lowest BCUT2D eigenvalue weighted by atomic mass is 9.77. The van der Waals surface area contributed by atoms with Crippen LogP contribution in [0.25, 0.3) is 0 Å². The summed E-state index contributed by atoms with van der Waals surface area (Å²) in [4.78, 5) is 15.3. The molecule has 1 heterocycles. The molecule has 5 heteroatoms. The first-order valence-electron chi connectivity index (χ1n) is 9.71. The second kappa shape index (κ2) is 8.35. The number of carbonyl (C=O) groups excluding carboxylic acids is 1. The molecular formula is C25H21N2O3-. The Morgan fingerprint density at radius 3 is 1.70 bits per heavy atom. The summed E-state index contributed by atoms with van der Waals surface area (Å²) >= 11 is 0. The van der Waals surface area contributed by atoms with Crippen molar-refractivity contribution >= 4 is 5.97 Å². The number of hydrogen-bond acceptors (Lipinski definition) is 4. The van der Waals surface area contributed by atoms with Crippen LogP contribution in [0.2, 0.25) is 0 Å². The summed E-state index contributed by atoms with van der Waals surface area (Å²) in [5.41, 5.74) is 2.57. The normalized spacial score (nSPS) is 12.4. The summed E-state index contributed by atoms with van der Waals surface area (Å²) in [6.45, 7) is 0. The molecule has 0 amide bonds. The van der Waals surface area contributed by atoms with Crippen molar-refractivity contribution in [2.24, 2.45) is 0 Å². The quantitative estimate of drug-likeness (QED) is 0.487. The summed E-state index contributed by atoms with van der Waals surface area (Å²) in [6.07, 6.45) is 1.60. The van der Waals surface area contributed by atoms with Crippen molar-refractivity contribution in [3.8, 4) is 0 Å². The van der Waals surface area contributed by atoms with Crippen molar-refractivity contribution in [1.29, 1.82) is 0 Å². The van der Waals surface area contributed by atoms with Crippen LogP contribution in [0, 0.1) is 0 Å². The molecule has 3 aromatic carbocycles. The van der Waals surface area contributed by atoms with Gasteiger partial charge in [-0.05, 0) is 16.7 Å². The second-order valence-electron chi connectivity index (χ2n) is 7.11. The Kier molecular flexibility index (Phi) is 5.46. The molecule has 0 spiro atoms. The highest BCUT2D eigenvalue weighted by Crippen LogP contribution is 2.41. The fourth-order valence-corrected chi connectivity index (χ4v) is 3.94. The fraction of sp³-hybridized carbons (Fsp3) is 0.120. The molecule has 5 nitrogen and oxygen atoms in total. The highest BCUT2D eigenvalue weighted by atomic mass is 16.4. The molecule has 0 saturated carbocycles. The predicted octanol–water partition coefficient (Wildman–Crippen LogP) is 2.90. The van der Waals surface area contributed by atoms with Crippen LogP contribution in [0.1, 0.15) is 34.9 Å². The lowest BCUT2D eigenvalue weighted by Crippen LogP contribution is -2.37. The zero-order valence-corrected chi connectivity index (χ0v) is 16.3. The first kappa shape index (κ1) is 19.6. The molecule has 4 aromatic rings. The minimum Gasteiger partial charge on any atom is -0.550 e. The Hall–Kier alpha value is -3.70. The van der Waals surface area contributed by atoms with Crippen molar-refractivity contribution in [3.05, 3.63) is 126 Å². The number of aliphatic hydroxyl groups is 1. The Bertz CT molecular complexity index is 1010. The third-order valence-corrected chi connectivity index (χ3v) is 5.27. The van der Waals surface area contributed by atoms with Crippen LogP contribution in [0.5, 0.6) is 0 Å². The van der Waals surface area contributed by atoms with Crippen LogP contribution in [0.4, 0.5) is 0 Å². The zero-order chi connectivity index (χ0) is 21.0. The molecule has 0 fully saturated rings. The standard InChI is InChI=1S/C25H22N2O3/c28-23(16-24(29)30)22-17-27(18-26-22)25(19-10-4-1-5-11-19,20-12-6-2-7-13-20)21-14-8-3-9-15-21/h1-15,17-18,23,28H,16H2,(H,29,30)/p-1. The molecule has 0 aliphatic carbocycles. The Balaban J connectivity index is 1.99. The first-order valence-corrected chi connectivity index (χ1v) is 9.71. The lowest BCUT2D eigenvalue weighted by Gasteiger charge is -2.37. The first-order chi connectivity index (χ1) is 14.6. The van der Waals surface area contributed by atoms with Crippen molar-refractivity contribution in [2.75, 3.05) is 0 Å². The van der Waals surface area contributed by atoms with E-state index in [-0.39, 0.29) is 5.69 Å². The third kappa shape index (κ3) is 3.51. The van der Waals surface area contributed by atoms with Gasteiger partial charge in [-0.2, -0.15) is 0 Å². The molecule has 1 N–H and O–H groups in total. The van der Waals surface area contributed by atoms with E-state index in [9.17, 15) is 15.0 Å². The molecule has 1 atom stereocenters. The molecule has 0 bridgehead atoms. The molecule has 0 aliphatic heterocycles. The SMILES string of the molecule is O=C([O-])CC(O)c1cn(C(c2ccccc2)(c2ccccc2)c2ccccc2)cn1. The maximum Gasteiger partial charge on any atom is 0.121 e. The van der Waals surface area contributed by atoms with Gasteiger partial charge in [0, 0.05) is 18.6 Å². The number of aliphatic hydroxyl groups excluding tert-OH is 1. The summed E-state index contributed by atoms with van der Waals surface area (Å²) in [7, 11) is 0. The summed E-state index contributed by atoms with van der Waals surface area (Å²) < 4.78 is 1.93. The number of carboxylic acid groups (broad SMARTS) is 1. The van der Waals surface area contributed by atoms with Gasteiger partial charge >= 0.3 is 0 Å². The van der Waals surface area contributed by atoms with Gasteiger partial charge in [0.15, 0.2) is 0 Å². The number of aromatic nitrogens is 2. The van der Waals surface area contributed by atoms with E-state index in [1.54, 1.807) is 12.5 Å². The number of aliphatic carboxylic acids is 1. The smallest absolute Gasteiger partial charge is 0.121 e. The van der Waals surface area contributed by atoms with Gasteiger partial charge in [-0.25, -0.2) is 4.98 Å². The van der Waals surface area contributed by atoms with E-state index in [1.165, 1.54) is 0 Å². The molecule has 150 valence electrons. The summed E-state index contributed by atoms with van der Waals surface area (Å²) in [5, 5.41) is 21.2. The minimum absolute atomic E-state index is 0.284. The number of hydrogen-bond donors (Lipinski definition) is 1. The molecule has 1 aromatic heterocycles. The average Bonchev–Trinajstić information content (AvgIpc) is 3.27. The number of imidazole rings is 1. The fourth-order valence-electron chi connectivity index (χ4n) is 3.94. The van der Waals surface area contributed by atoms with Gasteiger partial charge in [-0.15, -0.1) is 0 Å². The minimum atomic E-state index is -1.32. The van der Waals surface area contributed by atoms with E-state index in [4.69, 9.17) is 0 Å². The van der Waals surface area contributed by atoms with Crippen LogP contribution in [-0.2, 0) is 10.3 Å². The largest absolute Gasteiger partial charge is 0.550 e. The monoisotopic (exact) mass is 397 g/mol. The maximum absolute atomic E-state index is 10.9. The molecule has 0 aliphatic rings. The topological polar surface area (TPSA) is 78.2 Å². The van der Waals surface area contributed by atoms with Gasteiger partial charge in [-0.3, -0.25) is 0 Å². The summed E-state index contributed by atoms with van der Waals surface area (Å²) in [5.74, 6) is -1.32. The van der Waals surface area contributed by atoms with E-state index in [0.29, 0.717) is 0 Å². The van der Waals surface area contributed by atoms with Crippen molar-refractivity contribution in [3.63, 3.8) is 0 Å². The zero-order valence-electron chi connectivity index (χ0n) is 16.3. The molecule has 30 heavy (non-hydrogen) atoms. The Labute approximate surface area is 174 Å². The number of rotatable bonds is 7. The van der Waals surface area contributed by atoms with Crippen LogP contribution in [0.15, 0.2) is 104 Å². The van der Waals surface area contributed by atoms with E-state index in [0.717, 1.165) is 16.7 Å². The highest BCUT2D eigenvalue weighted by Gasteiger charge is 2.38. The van der Waals surface area contributed by atoms with Gasteiger partial charge in [-0.1, -0.05) is 91.0 Å². The van der Waals surface area contributed by atoms with E-state index >= 15 is 0 Å². The van der Waals surface area contributed by atoms with Crippen LogP contribution in [-0.4, -0.2) is 20.6 Å². The van der Waals surface area contributed by atoms with E-state index in [2.05, 4.69) is 41.4 Å². The summed E-state index contributed by atoms with van der Waals surface area (Å²) in [6, 6.07) is 30.1. The van der Waals surface area contributed by atoms with Crippen LogP contribution < -0.4 is 5.11 Å². The number of nitrogens with zero attached hydrogens (tertiary/aromatic N) is 2. The Morgan fingerprint density at radius 2 is 1.30 bits per heavy atom. The predicted molar refractivity (Wildman–Crippen MR) is 111 cm³/mol. The van der Waals surface area contributed by atoms with Crippen molar-refractivity contribution in [1.82, 2.24) is 9.55 Å². The van der Waals surface area contributed by atoms with E-state index < -0.39 is 24.0 Å². The number of carbonyl (C=O) groups is 1.